The standard InChI is InChI=1S/C30H34Br2N2O3/c1-5-22(4)33-30(36)27(17-23-10-7-6-8-11-23)34(18-24-12-9-13-25(31)16-24)28(35)19-37-26-14-20(2)29(32)21(3)15-26/h6-16,22,27H,5,17-19H2,1-4H3,(H,33,36). The minimum absolute atomic E-state index is 0.00133. The van der Waals surface area contributed by atoms with Crippen LogP contribution in [0.15, 0.2) is 75.7 Å². The van der Waals surface area contributed by atoms with Crippen molar-refractivity contribution in [3.63, 3.8) is 0 Å². The summed E-state index contributed by atoms with van der Waals surface area (Å²) in [6, 6.07) is 20.7. The Bertz CT molecular complexity index is 1190. The minimum atomic E-state index is -0.695. The summed E-state index contributed by atoms with van der Waals surface area (Å²) in [6.45, 7) is 8.08. The van der Waals surface area contributed by atoms with Crippen LogP contribution in [-0.4, -0.2) is 35.4 Å². The number of nitrogens with one attached hydrogen (secondary N) is 1. The summed E-state index contributed by atoms with van der Waals surface area (Å²) in [4.78, 5) is 28.9. The Balaban J connectivity index is 1.93. The predicted molar refractivity (Wildman–Crippen MR) is 156 cm³/mol. The highest BCUT2D eigenvalue weighted by Gasteiger charge is 2.31. The van der Waals surface area contributed by atoms with Crippen LogP contribution < -0.4 is 10.1 Å². The molecule has 3 aromatic rings. The van der Waals surface area contributed by atoms with Gasteiger partial charge in [0, 0.05) is 28.0 Å². The normalized spacial score (nSPS) is 12.5. The fraction of sp³-hybridized carbons (Fsp3) is 0.333. The van der Waals surface area contributed by atoms with Crippen LogP contribution in [0.4, 0.5) is 0 Å². The molecule has 2 amide bonds. The van der Waals surface area contributed by atoms with Crippen molar-refractivity contribution in [1.29, 1.82) is 0 Å². The molecule has 5 nitrogen and oxygen atoms in total. The molecule has 37 heavy (non-hydrogen) atoms. The van der Waals surface area contributed by atoms with Gasteiger partial charge in [0.15, 0.2) is 6.61 Å². The maximum Gasteiger partial charge on any atom is 0.261 e. The molecule has 3 rings (SSSR count). The summed E-state index contributed by atoms with van der Waals surface area (Å²) >= 11 is 7.09. The lowest BCUT2D eigenvalue weighted by atomic mass is 10.0. The topological polar surface area (TPSA) is 58.6 Å². The molecule has 0 saturated heterocycles. The van der Waals surface area contributed by atoms with Crippen LogP contribution >= 0.6 is 31.9 Å². The van der Waals surface area contributed by atoms with Gasteiger partial charge in [-0.2, -0.15) is 0 Å². The zero-order valence-electron chi connectivity index (χ0n) is 21.8. The number of rotatable bonds is 11. The molecule has 0 bridgehead atoms. The molecule has 196 valence electrons. The zero-order chi connectivity index (χ0) is 26.9. The van der Waals surface area contributed by atoms with E-state index in [2.05, 4.69) is 37.2 Å². The molecular formula is C30H34Br2N2O3. The van der Waals surface area contributed by atoms with E-state index in [0.717, 1.165) is 37.6 Å². The molecule has 7 heteroatoms. The van der Waals surface area contributed by atoms with Crippen LogP contribution in [0, 0.1) is 13.8 Å². The molecule has 1 N–H and O–H groups in total. The number of amides is 2. The van der Waals surface area contributed by atoms with E-state index >= 15 is 0 Å². The van der Waals surface area contributed by atoms with E-state index in [1.54, 1.807) is 4.90 Å². The first kappa shape index (κ1) is 28.9. The van der Waals surface area contributed by atoms with Crippen molar-refractivity contribution in [3.05, 3.63) is 97.9 Å². The second-order valence-corrected chi connectivity index (χ2v) is 11.0. The first-order valence-corrected chi connectivity index (χ1v) is 14.0. The third kappa shape index (κ3) is 8.44. The molecule has 2 atom stereocenters. The lowest BCUT2D eigenvalue weighted by Crippen LogP contribution is -2.53. The first-order chi connectivity index (χ1) is 17.7. The van der Waals surface area contributed by atoms with Crippen LogP contribution in [-0.2, 0) is 22.6 Å². The molecule has 0 radical (unpaired) electrons. The van der Waals surface area contributed by atoms with Crippen LogP contribution in [0.25, 0.3) is 0 Å². The maximum atomic E-state index is 13.7. The van der Waals surface area contributed by atoms with E-state index < -0.39 is 6.04 Å². The van der Waals surface area contributed by atoms with Gasteiger partial charge in [0.1, 0.15) is 11.8 Å². The minimum Gasteiger partial charge on any atom is -0.484 e. The molecule has 0 saturated carbocycles. The van der Waals surface area contributed by atoms with Crippen LogP contribution in [0.2, 0.25) is 0 Å². The number of nitrogens with zero attached hydrogens (tertiary/aromatic N) is 1. The number of carbonyl (C=O) groups excluding carboxylic acids is 2. The first-order valence-electron chi connectivity index (χ1n) is 12.5. The fourth-order valence-electron chi connectivity index (χ4n) is 4.04. The molecule has 0 aliphatic heterocycles. The number of aryl methyl sites for hydroxylation is 2. The summed E-state index contributed by atoms with van der Waals surface area (Å²) in [5.41, 5.74) is 3.97. The van der Waals surface area contributed by atoms with Crippen LogP contribution in [0.3, 0.4) is 0 Å². The lowest BCUT2D eigenvalue weighted by molar-refractivity contribution is -0.143. The Kier molecular flexibility index (Phi) is 10.8. The number of benzene rings is 3. The summed E-state index contributed by atoms with van der Waals surface area (Å²) in [5.74, 6) is 0.202. The quantitative estimate of drug-likeness (QED) is 0.255. The zero-order valence-corrected chi connectivity index (χ0v) is 24.9. The Morgan fingerprint density at radius 3 is 2.22 bits per heavy atom. The summed E-state index contributed by atoms with van der Waals surface area (Å²) < 4.78 is 7.89. The van der Waals surface area contributed by atoms with Crippen LogP contribution in [0.1, 0.15) is 42.5 Å². The van der Waals surface area contributed by atoms with Gasteiger partial charge in [-0.3, -0.25) is 9.59 Å². The van der Waals surface area contributed by atoms with Gasteiger partial charge in [-0.05, 0) is 73.7 Å². The van der Waals surface area contributed by atoms with E-state index in [9.17, 15) is 9.59 Å². The molecular weight excluding hydrogens is 596 g/mol. The average molecular weight is 630 g/mol. The Morgan fingerprint density at radius 2 is 1.59 bits per heavy atom. The van der Waals surface area contributed by atoms with E-state index in [1.165, 1.54) is 0 Å². The highest BCUT2D eigenvalue weighted by molar-refractivity contribution is 9.10. The number of hydrogen-bond donors (Lipinski definition) is 1. The third-order valence-electron chi connectivity index (χ3n) is 6.29. The van der Waals surface area contributed by atoms with E-state index in [0.29, 0.717) is 12.2 Å². The molecule has 0 aliphatic rings. The Morgan fingerprint density at radius 1 is 0.946 bits per heavy atom. The van der Waals surface area contributed by atoms with Crippen molar-refractivity contribution in [3.8, 4) is 5.75 Å². The summed E-state index contributed by atoms with van der Waals surface area (Å²) in [6.07, 6.45) is 1.20. The molecule has 0 heterocycles. The van der Waals surface area contributed by atoms with Gasteiger partial charge in [0.05, 0.1) is 0 Å². The number of hydrogen-bond acceptors (Lipinski definition) is 3. The SMILES string of the molecule is CCC(C)NC(=O)C(Cc1ccccc1)N(Cc1cccc(Br)c1)C(=O)COc1cc(C)c(Br)c(C)c1. The van der Waals surface area contributed by atoms with Crippen LogP contribution in [0.5, 0.6) is 5.75 Å². The van der Waals surface area contributed by atoms with Gasteiger partial charge >= 0.3 is 0 Å². The fourth-order valence-corrected chi connectivity index (χ4v) is 4.72. The maximum absolute atomic E-state index is 13.7. The van der Waals surface area contributed by atoms with Crippen molar-refractivity contribution in [2.24, 2.45) is 0 Å². The highest BCUT2D eigenvalue weighted by atomic mass is 79.9. The van der Waals surface area contributed by atoms with Gasteiger partial charge in [0.2, 0.25) is 5.91 Å². The highest BCUT2D eigenvalue weighted by Crippen LogP contribution is 2.26. The van der Waals surface area contributed by atoms with Crippen molar-refractivity contribution in [1.82, 2.24) is 10.2 Å². The monoisotopic (exact) mass is 628 g/mol. The van der Waals surface area contributed by atoms with Crippen molar-refractivity contribution < 1.29 is 14.3 Å². The second-order valence-electron chi connectivity index (χ2n) is 9.33. The Hall–Kier alpha value is -2.64. The summed E-state index contributed by atoms with van der Waals surface area (Å²) in [7, 11) is 0. The largest absolute Gasteiger partial charge is 0.484 e. The van der Waals surface area contributed by atoms with Crippen molar-refractivity contribution in [2.45, 2.75) is 59.2 Å². The molecule has 0 spiro atoms. The van der Waals surface area contributed by atoms with E-state index in [-0.39, 0.29) is 31.0 Å². The average Bonchev–Trinajstić information content (AvgIpc) is 2.88. The lowest BCUT2D eigenvalue weighted by Gasteiger charge is -2.32. The van der Waals surface area contributed by atoms with Crippen molar-refractivity contribution in [2.75, 3.05) is 6.61 Å². The molecule has 0 fully saturated rings. The number of carbonyl (C=O) groups is 2. The third-order valence-corrected chi connectivity index (χ3v) is 8.03. The smallest absolute Gasteiger partial charge is 0.261 e. The van der Waals surface area contributed by atoms with Gasteiger partial charge < -0.3 is 15.0 Å². The number of halogens is 2. The molecule has 0 aromatic heterocycles. The molecule has 0 aliphatic carbocycles. The van der Waals surface area contributed by atoms with Gasteiger partial charge in [0.25, 0.3) is 5.91 Å². The summed E-state index contributed by atoms with van der Waals surface area (Å²) in [5, 5.41) is 3.09. The van der Waals surface area contributed by atoms with E-state index in [1.807, 2.05) is 94.4 Å². The second kappa shape index (κ2) is 13.8. The molecule has 2 unspecified atom stereocenters. The van der Waals surface area contributed by atoms with Gasteiger partial charge in [-0.15, -0.1) is 0 Å². The van der Waals surface area contributed by atoms with Crippen molar-refractivity contribution >= 4 is 43.7 Å². The molecule has 3 aromatic carbocycles. The van der Waals surface area contributed by atoms with E-state index in [4.69, 9.17) is 4.74 Å². The Labute approximate surface area is 236 Å². The van der Waals surface area contributed by atoms with Gasteiger partial charge in [-0.25, -0.2) is 0 Å². The predicted octanol–water partition coefficient (Wildman–Crippen LogP) is 6.76. The number of ether oxygens (including phenoxy) is 1. The van der Waals surface area contributed by atoms with Gasteiger partial charge in [-0.1, -0.05) is 81.2 Å².